The van der Waals surface area contributed by atoms with E-state index in [0.29, 0.717) is 25.2 Å². The van der Waals surface area contributed by atoms with E-state index in [1.54, 1.807) is 7.05 Å². The molecule has 1 heterocycles. The third-order valence-electron chi connectivity index (χ3n) is 5.44. The van der Waals surface area contributed by atoms with Crippen LogP contribution < -0.4 is 25.4 Å². The SMILES string of the molecule is CCOc1cc2c(cc1CNC(=NC)NCC(=O)NC1CCCCC1)OC(C)C2.I. The van der Waals surface area contributed by atoms with E-state index in [-0.39, 0.29) is 42.5 Å². The van der Waals surface area contributed by atoms with Gasteiger partial charge in [0.15, 0.2) is 5.96 Å². The molecule has 1 fully saturated rings. The van der Waals surface area contributed by atoms with E-state index >= 15 is 0 Å². The number of carbonyl (C=O) groups excluding carboxylic acids is 1. The summed E-state index contributed by atoms with van der Waals surface area (Å²) in [4.78, 5) is 16.4. The monoisotopic (exact) mass is 530 g/mol. The van der Waals surface area contributed by atoms with Gasteiger partial charge in [0.05, 0.1) is 13.2 Å². The Kier molecular flexibility index (Phi) is 10.0. The van der Waals surface area contributed by atoms with Crippen molar-refractivity contribution < 1.29 is 14.3 Å². The first-order valence-corrected chi connectivity index (χ1v) is 10.8. The van der Waals surface area contributed by atoms with E-state index in [1.807, 2.05) is 13.0 Å². The van der Waals surface area contributed by atoms with Crippen LogP contribution in [0.4, 0.5) is 0 Å². The molecule has 1 unspecified atom stereocenters. The number of amides is 1. The Morgan fingerprint density at radius 2 is 2.00 bits per heavy atom. The van der Waals surface area contributed by atoms with Crippen molar-refractivity contribution >= 4 is 35.8 Å². The molecule has 3 rings (SSSR count). The molecule has 8 heteroatoms. The van der Waals surface area contributed by atoms with Gasteiger partial charge in [0.2, 0.25) is 5.91 Å². The van der Waals surface area contributed by atoms with Gasteiger partial charge in [0.1, 0.15) is 17.6 Å². The third kappa shape index (κ3) is 6.92. The molecule has 2 aliphatic rings. The van der Waals surface area contributed by atoms with Crippen LogP contribution in [0.15, 0.2) is 17.1 Å². The normalized spacial score (nSPS) is 18.6. The Balaban J connectivity index is 0.00000320. The molecule has 7 nitrogen and oxygen atoms in total. The molecule has 3 N–H and O–H groups in total. The molecule has 1 amide bonds. The fourth-order valence-corrected chi connectivity index (χ4v) is 4.00. The number of nitrogens with one attached hydrogen (secondary N) is 3. The molecule has 1 aliphatic carbocycles. The zero-order chi connectivity index (χ0) is 20.6. The predicted molar refractivity (Wildman–Crippen MR) is 130 cm³/mol. The van der Waals surface area contributed by atoms with Crippen molar-refractivity contribution in [3.63, 3.8) is 0 Å². The van der Waals surface area contributed by atoms with Gasteiger partial charge in [0.25, 0.3) is 0 Å². The van der Waals surface area contributed by atoms with E-state index in [0.717, 1.165) is 36.3 Å². The van der Waals surface area contributed by atoms with Crippen LogP contribution in [0, 0.1) is 0 Å². The van der Waals surface area contributed by atoms with Gasteiger partial charge in [-0.2, -0.15) is 0 Å². The second-order valence-corrected chi connectivity index (χ2v) is 7.82. The fraction of sp³-hybridized carbons (Fsp3) is 0.636. The number of guanidine groups is 1. The van der Waals surface area contributed by atoms with E-state index in [2.05, 4.69) is 33.9 Å². The number of fused-ring (bicyclic) bond motifs is 1. The summed E-state index contributed by atoms with van der Waals surface area (Å²) in [7, 11) is 1.70. The van der Waals surface area contributed by atoms with Gasteiger partial charge in [-0.1, -0.05) is 19.3 Å². The number of hydrogen-bond donors (Lipinski definition) is 3. The summed E-state index contributed by atoms with van der Waals surface area (Å²) in [5.41, 5.74) is 2.20. The van der Waals surface area contributed by atoms with Crippen LogP contribution >= 0.6 is 24.0 Å². The third-order valence-corrected chi connectivity index (χ3v) is 5.44. The van der Waals surface area contributed by atoms with Crippen molar-refractivity contribution in [2.24, 2.45) is 4.99 Å². The number of halogens is 1. The van der Waals surface area contributed by atoms with E-state index in [1.165, 1.54) is 24.8 Å². The van der Waals surface area contributed by atoms with Crippen LogP contribution in [-0.2, 0) is 17.8 Å². The zero-order valence-electron chi connectivity index (χ0n) is 18.3. The number of ether oxygens (including phenoxy) is 2. The molecule has 168 valence electrons. The van der Waals surface area contributed by atoms with Gasteiger partial charge < -0.3 is 25.4 Å². The maximum absolute atomic E-state index is 12.2. The lowest BCUT2D eigenvalue weighted by Gasteiger charge is -2.23. The molecule has 0 saturated heterocycles. The van der Waals surface area contributed by atoms with Crippen molar-refractivity contribution in [3.05, 3.63) is 23.3 Å². The number of rotatable bonds is 7. The Morgan fingerprint density at radius 3 is 2.70 bits per heavy atom. The molecule has 1 aromatic carbocycles. The molecule has 0 radical (unpaired) electrons. The number of aliphatic imine (C=N–C) groups is 1. The van der Waals surface area contributed by atoms with Crippen LogP contribution in [0.2, 0.25) is 0 Å². The second kappa shape index (κ2) is 12.2. The Morgan fingerprint density at radius 1 is 1.23 bits per heavy atom. The van der Waals surface area contributed by atoms with E-state index in [9.17, 15) is 4.79 Å². The van der Waals surface area contributed by atoms with Gasteiger partial charge in [-0.25, -0.2) is 0 Å². The molecule has 0 spiro atoms. The lowest BCUT2D eigenvalue weighted by Crippen LogP contribution is -2.45. The Bertz CT molecular complexity index is 735. The standard InChI is InChI=1S/C22H34N4O3.HI/c1-4-28-19-11-16-10-15(2)29-20(16)12-17(19)13-24-22(23-3)25-14-21(27)26-18-8-6-5-7-9-18;/h11-12,15,18H,4-10,13-14H2,1-3H3,(H,26,27)(H2,23,24,25);1H. The number of carbonyl (C=O) groups is 1. The van der Waals surface area contributed by atoms with Gasteiger partial charge >= 0.3 is 0 Å². The van der Waals surface area contributed by atoms with Gasteiger partial charge in [0, 0.05) is 37.2 Å². The van der Waals surface area contributed by atoms with Gasteiger partial charge in [-0.05, 0) is 38.8 Å². The van der Waals surface area contributed by atoms with Crippen LogP contribution in [0.25, 0.3) is 0 Å². The van der Waals surface area contributed by atoms with Crippen LogP contribution in [0.1, 0.15) is 57.1 Å². The first kappa shape index (κ1) is 24.6. The average Bonchev–Trinajstić information content (AvgIpc) is 3.08. The number of nitrogens with zero attached hydrogens (tertiary/aromatic N) is 1. The Labute approximate surface area is 196 Å². The number of benzene rings is 1. The highest BCUT2D eigenvalue weighted by molar-refractivity contribution is 14.0. The molecule has 1 aromatic rings. The Hall–Kier alpha value is -1.71. The van der Waals surface area contributed by atoms with E-state index in [4.69, 9.17) is 9.47 Å². The lowest BCUT2D eigenvalue weighted by atomic mass is 9.95. The molecule has 1 aliphatic heterocycles. The highest BCUT2D eigenvalue weighted by atomic mass is 127. The fourth-order valence-electron chi connectivity index (χ4n) is 4.00. The summed E-state index contributed by atoms with van der Waals surface area (Å²) in [5, 5.41) is 9.47. The minimum absolute atomic E-state index is 0. The van der Waals surface area contributed by atoms with Gasteiger partial charge in [-0.3, -0.25) is 9.79 Å². The summed E-state index contributed by atoms with van der Waals surface area (Å²) in [6.07, 6.45) is 6.94. The highest BCUT2D eigenvalue weighted by Gasteiger charge is 2.22. The van der Waals surface area contributed by atoms with E-state index < -0.39 is 0 Å². The zero-order valence-corrected chi connectivity index (χ0v) is 20.6. The average molecular weight is 530 g/mol. The summed E-state index contributed by atoms with van der Waals surface area (Å²) in [5.74, 6) is 2.38. The molecule has 30 heavy (non-hydrogen) atoms. The second-order valence-electron chi connectivity index (χ2n) is 7.82. The molecular formula is C22H35IN4O3. The van der Waals surface area contributed by atoms with Crippen molar-refractivity contribution in [2.45, 2.75) is 71.1 Å². The lowest BCUT2D eigenvalue weighted by molar-refractivity contribution is -0.120. The largest absolute Gasteiger partial charge is 0.494 e. The predicted octanol–water partition coefficient (Wildman–Crippen LogP) is 3.14. The maximum atomic E-state index is 12.2. The highest BCUT2D eigenvalue weighted by Crippen LogP contribution is 2.35. The molecular weight excluding hydrogens is 495 g/mol. The molecule has 0 bridgehead atoms. The van der Waals surface area contributed by atoms with Gasteiger partial charge in [-0.15, -0.1) is 24.0 Å². The smallest absolute Gasteiger partial charge is 0.239 e. The minimum atomic E-state index is 0. The quantitative estimate of drug-likeness (QED) is 0.287. The van der Waals surface area contributed by atoms with Crippen LogP contribution in [-0.4, -0.2) is 44.2 Å². The summed E-state index contributed by atoms with van der Waals surface area (Å²) in [6, 6.07) is 4.43. The van der Waals surface area contributed by atoms with Crippen LogP contribution in [0.5, 0.6) is 11.5 Å². The van der Waals surface area contributed by atoms with Crippen LogP contribution in [0.3, 0.4) is 0 Å². The topological polar surface area (TPSA) is 84.0 Å². The van der Waals surface area contributed by atoms with Crippen molar-refractivity contribution in [2.75, 3.05) is 20.2 Å². The first-order valence-electron chi connectivity index (χ1n) is 10.8. The van der Waals surface area contributed by atoms with Crippen molar-refractivity contribution in [1.29, 1.82) is 0 Å². The molecule has 0 aromatic heterocycles. The van der Waals surface area contributed by atoms with Crippen molar-refractivity contribution in [3.8, 4) is 11.5 Å². The summed E-state index contributed by atoms with van der Waals surface area (Å²) < 4.78 is 11.7. The van der Waals surface area contributed by atoms with Crippen molar-refractivity contribution in [1.82, 2.24) is 16.0 Å². The number of hydrogen-bond acceptors (Lipinski definition) is 4. The minimum Gasteiger partial charge on any atom is -0.494 e. The molecule has 1 saturated carbocycles. The first-order chi connectivity index (χ1) is 14.1. The summed E-state index contributed by atoms with van der Waals surface area (Å²) in [6.45, 7) is 5.40. The molecule has 1 atom stereocenters. The summed E-state index contributed by atoms with van der Waals surface area (Å²) >= 11 is 0. The maximum Gasteiger partial charge on any atom is 0.239 e.